The van der Waals surface area contributed by atoms with E-state index in [0.717, 1.165) is 19.3 Å². The fraction of sp³-hybridized carbons (Fsp3) is 0.588. The molecule has 0 bridgehead atoms. The molecule has 3 heteroatoms. The first-order valence-electron chi connectivity index (χ1n) is 7.60. The molecule has 1 aromatic rings. The quantitative estimate of drug-likeness (QED) is 0.896. The van der Waals surface area contributed by atoms with Crippen LogP contribution in [0.25, 0.3) is 0 Å². The highest BCUT2D eigenvalue weighted by molar-refractivity contribution is 5.91. The molecule has 1 spiro atoms. The lowest BCUT2D eigenvalue weighted by molar-refractivity contribution is -0.130. The highest BCUT2D eigenvalue weighted by Gasteiger charge is 2.54. The third kappa shape index (κ3) is 1.80. The smallest absolute Gasteiger partial charge is 0.231 e. The molecule has 1 saturated carbocycles. The normalized spacial score (nSPS) is 30.4. The van der Waals surface area contributed by atoms with E-state index < -0.39 is 0 Å². The predicted octanol–water partition coefficient (Wildman–Crippen LogP) is 2.30. The van der Waals surface area contributed by atoms with Crippen molar-refractivity contribution in [3.63, 3.8) is 0 Å². The Bertz CT molecular complexity index is 525. The molecular weight excluding hydrogens is 248 g/mol. The number of amides is 1. The number of hydrogen-bond acceptors (Lipinski definition) is 2. The van der Waals surface area contributed by atoms with Crippen molar-refractivity contribution in [2.24, 2.45) is 5.92 Å². The zero-order valence-electron chi connectivity index (χ0n) is 12.6. The Morgan fingerprint density at radius 2 is 2.10 bits per heavy atom. The summed E-state index contributed by atoms with van der Waals surface area (Å²) in [5, 5.41) is 3.14. The van der Waals surface area contributed by atoms with Gasteiger partial charge in [-0.1, -0.05) is 30.7 Å². The summed E-state index contributed by atoms with van der Waals surface area (Å²) in [5.74, 6) is 0.645. The number of nitrogens with one attached hydrogen (secondary N) is 1. The van der Waals surface area contributed by atoms with Crippen molar-refractivity contribution in [3.8, 4) is 0 Å². The molecule has 3 rings (SSSR count). The maximum absolute atomic E-state index is 12.8. The van der Waals surface area contributed by atoms with Crippen molar-refractivity contribution in [2.75, 3.05) is 14.1 Å². The van der Waals surface area contributed by atoms with E-state index in [0.29, 0.717) is 18.5 Å². The summed E-state index contributed by atoms with van der Waals surface area (Å²) in [7, 11) is 4.23. The zero-order chi connectivity index (χ0) is 14.3. The van der Waals surface area contributed by atoms with Gasteiger partial charge >= 0.3 is 0 Å². The molecule has 1 heterocycles. The Balaban J connectivity index is 2.11. The lowest BCUT2D eigenvalue weighted by Gasteiger charge is -2.43. The summed E-state index contributed by atoms with van der Waals surface area (Å²) in [6.45, 7) is 2.93. The topological polar surface area (TPSA) is 32.3 Å². The van der Waals surface area contributed by atoms with Crippen molar-refractivity contribution in [3.05, 3.63) is 35.4 Å². The molecule has 20 heavy (non-hydrogen) atoms. The molecule has 1 amide bonds. The van der Waals surface area contributed by atoms with Crippen molar-refractivity contribution in [1.29, 1.82) is 0 Å². The second-order valence-corrected chi connectivity index (χ2v) is 6.51. The van der Waals surface area contributed by atoms with Gasteiger partial charge in [0.25, 0.3) is 0 Å². The predicted molar refractivity (Wildman–Crippen MR) is 80.5 cm³/mol. The van der Waals surface area contributed by atoms with Gasteiger partial charge in [0.15, 0.2) is 0 Å². The molecule has 2 aliphatic rings. The van der Waals surface area contributed by atoms with E-state index in [1.165, 1.54) is 11.1 Å². The van der Waals surface area contributed by atoms with Crippen LogP contribution in [0.15, 0.2) is 24.3 Å². The lowest BCUT2D eigenvalue weighted by Crippen LogP contribution is -2.54. The minimum absolute atomic E-state index is 0.243. The van der Waals surface area contributed by atoms with Crippen LogP contribution in [0.3, 0.4) is 0 Å². The highest BCUT2D eigenvalue weighted by atomic mass is 16.2. The van der Waals surface area contributed by atoms with Gasteiger partial charge in [0.2, 0.25) is 5.91 Å². The third-order valence-electron chi connectivity index (χ3n) is 5.46. The van der Waals surface area contributed by atoms with Gasteiger partial charge in [-0.3, -0.25) is 4.79 Å². The highest BCUT2D eigenvalue weighted by Crippen LogP contribution is 2.50. The molecule has 3 nitrogen and oxygen atoms in total. The largest absolute Gasteiger partial charge is 0.351 e. The van der Waals surface area contributed by atoms with Crippen LogP contribution in [0.4, 0.5) is 0 Å². The first-order valence-corrected chi connectivity index (χ1v) is 7.60. The summed E-state index contributed by atoms with van der Waals surface area (Å²) >= 11 is 0. The number of carbonyl (C=O) groups excluding carboxylic acids is 1. The molecule has 108 valence electrons. The van der Waals surface area contributed by atoms with E-state index in [1.54, 1.807) is 0 Å². The molecular formula is C17H24N2O. The Labute approximate surface area is 121 Å². The Morgan fingerprint density at radius 1 is 1.35 bits per heavy atom. The van der Waals surface area contributed by atoms with Crippen LogP contribution in [-0.2, 0) is 16.8 Å². The van der Waals surface area contributed by atoms with E-state index in [9.17, 15) is 4.79 Å². The van der Waals surface area contributed by atoms with Crippen LogP contribution in [0.2, 0.25) is 0 Å². The van der Waals surface area contributed by atoms with Crippen LogP contribution >= 0.6 is 0 Å². The van der Waals surface area contributed by atoms with Crippen LogP contribution in [0.1, 0.15) is 37.3 Å². The fourth-order valence-corrected chi connectivity index (χ4v) is 4.23. The van der Waals surface area contributed by atoms with E-state index in [-0.39, 0.29) is 11.3 Å². The molecule has 1 N–H and O–H groups in total. The van der Waals surface area contributed by atoms with E-state index >= 15 is 0 Å². The average Bonchev–Trinajstić information content (AvgIpc) is 2.88. The number of fused-ring (bicyclic) bond motifs is 2. The van der Waals surface area contributed by atoms with Gasteiger partial charge in [-0.05, 0) is 50.9 Å². The van der Waals surface area contributed by atoms with Gasteiger partial charge < -0.3 is 10.2 Å². The van der Waals surface area contributed by atoms with E-state index in [1.807, 2.05) is 0 Å². The molecule has 3 atom stereocenters. The van der Waals surface area contributed by atoms with Gasteiger partial charge in [-0.15, -0.1) is 0 Å². The molecule has 1 aliphatic carbocycles. The lowest BCUT2D eigenvalue weighted by atomic mass is 9.66. The summed E-state index contributed by atoms with van der Waals surface area (Å²) in [4.78, 5) is 15.0. The maximum Gasteiger partial charge on any atom is 0.231 e. The summed E-state index contributed by atoms with van der Waals surface area (Å²) in [6, 6.07) is 8.90. The maximum atomic E-state index is 12.8. The monoisotopic (exact) mass is 272 g/mol. The zero-order valence-corrected chi connectivity index (χ0v) is 12.6. The number of benzene rings is 1. The van der Waals surface area contributed by atoms with Crippen LogP contribution in [0, 0.1) is 5.92 Å². The summed E-state index contributed by atoms with van der Waals surface area (Å²) in [6.07, 6.45) is 3.27. The van der Waals surface area contributed by atoms with Gasteiger partial charge in [-0.25, -0.2) is 0 Å². The van der Waals surface area contributed by atoms with Crippen LogP contribution in [0.5, 0.6) is 0 Å². The average molecular weight is 272 g/mol. The summed E-state index contributed by atoms with van der Waals surface area (Å²) < 4.78 is 0. The molecule has 1 aromatic carbocycles. The SMILES string of the molecule is CC([C@H]1CCCC12C(=O)NCc1ccccc12)N(C)C. The molecule has 1 aliphatic heterocycles. The van der Waals surface area contributed by atoms with Gasteiger partial charge in [0.1, 0.15) is 0 Å². The van der Waals surface area contributed by atoms with E-state index in [4.69, 9.17) is 0 Å². The van der Waals surface area contributed by atoms with Gasteiger partial charge in [-0.2, -0.15) is 0 Å². The number of carbonyl (C=O) groups is 1. The molecule has 0 aromatic heterocycles. The van der Waals surface area contributed by atoms with Crippen molar-refractivity contribution in [1.82, 2.24) is 10.2 Å². The van der Waals surface area contributed by atoms with Crippen molar-refractivity contribution < 1.29 is 4.79 Å². The number of rotatable bonds is 2. The second-order valence-electron chi connectivity index (χ2n) is 6.51. The van der Waals surface area contributed by atoms with Crippen molar-refractivity contribution in [2.45, 2.75) is 44.2 Å². The number of hydrogen-bond donors (Lipinski definition) is 1. The minimum Gasteiger partial charge on any atom is -0.351 e. The minimum atomic E-state index is -0.307. The molecule has 1 fully saturated rings. The van der Waals surface area contributed by atoms with Gasteiger partial charge in [0, 0.05) is 12.6 Å². The molecule has 2 unspecified atom stereocenters. The molecule has 0 radical (unpaired) electrons. The first kappa shape index (κ1) is 13.6. The first-order chi connectivity index (χ1) is 9.57. The Kier molecular flexibility index (Phi) is 3.33. The Morgan fingerprint density at radius 3 is 2.85 bits per heavy atom. The standard InChI is InChI=1S/C17H24N2O/c1-12(19(2)3)14-9-6-10-17(14)15-8-5-4-7-13(15)11-18-16(17)20/h4-5,7-8,12,14H,6,9-11H2,1-3H3,(H,18,20)/t12?,14-,17?/m1/s1. The van der Waals surface area contributed by atoms with Gasteiger partial charge in [0.05, 0.1) is 5.41 Å². The Hall–Kier alpha value is -1.35. The van der Waals surface area contributed by atoms with Crippen LogP contribution in [-0.4, -0.2) is 30.9 Å². The second kappa shape index (κ2) is 4.88. The van der Waals surface area contributed by atoms with E-state index in [2.05, 4.69) is 55.5 Å². The third-order valence-corrected chi connectivity index (χ3v) is 5.46. The van der Waals surface area contributed by atoms with Crippen molar-refractivity contribution >= 4 is 5.91 Å². The summed E-state index contributed by atoms with van der Waals surface area (Å²) in [5.41, 5.74) is 2.27. The number of nitrogens with zero attached hydrogens (tertiary/aromatic N) is 1. The van der Waals surface area contributed by atoms with Crippen LogP contribution < -0.4 is 5.32 Å². The molecule has 0 saturated heterocycles. The fourth-order valence-electron chi connectivity index (χ4n) is 4.23.